The normalized spacial score (nSPS) is 13.1. The topological polar surface area (TPSA) is 46.5 Å². The Morgan fingerprint density at radius 3 is 2.50 bits per heavy atom. The largest absolute Gasteiger partial charge is 0.478 e. The molecule has 0 bridgehead atoms. The van der Waals surface area contributed by atoms with Crippen molar-refractivity contribution in [2.75, 3.05) is 13.7 Å². The van der Waals surface area contributed by atoms with E-state index in [1.807, 2.05) is 13.0 Å². The Balaban J connectivity index is 3.84. The van der Waals surface area contributed by atoms with Crippen molar-refractivity contribution in [1.82, 2.24) is 0 Å². The molecule has 1 N–H and O–H groups in total. The van der Waals surface area contributed by atoms with Crippen LogP contribution in [0.1, 0.15) is 26.7 Å². The number of aliphatic carboxylic acids is 1. The first-order chi connectivity index (χ1) is 6.57. The zero-order chi connectivity index (χ0) is 11.0. The summed E-state index contributed by atoms with van der Waals surface area (Å²) in [6.07, 6.45) is 5.40. The predicted molar refractivity (Wildman–Crippen MR) is 56.3 cm³/mol. The summed E-state index contributed by atoms with van der Waals surface area (Å²) in [4.78, 5) is 10.4. The van der Waals surface area contributed by atoms with Gasteiger partial charge in [-0.15, -0.1) is 0 Å². The van der Waals surface area contributed by atoms with E-state index in [4.69, 9.17) is 9.84 Å². The molecule has 0 amide bonds. The summed E-state index contributed by atoms with van der Waals surface area (Å²) in [5.74, 6) is -0.844. The first-order valence-electron chi connectivity index (χ1n) is 4.62. The third-order valence-electron chi connectivity index (χ3n) is 1.93. The number of hydrogen-bond acceptors (Lipinski definition) is 2. The second kappa shape index (κ2) is 7.33. The van der Waals surface area contributed by atoms with Gasteiger partial charge in [0, 0.05) is 12.7 Å². The number of carboxylic acids is 1. The molecule has 0 aromatic rings. The van der Waals surface area contributed by atoms with Crippen LogP contribution < -0.4 is 0 Å². The van der Waals surface area contributed by atoms with Crippen LogP contribution in [0, 0.1) is 0 Å². The molecule has 0 aliphatic heterocycles. The molecule has 3 nitrogen and oxygen atoms in total. The van der Waals surface area contributed by atoms with Crippen molar-refractivity contribution in [2.45, 2.75) is 26.7 Å². The van der Waals surface area contributed by atoms with Gasteiger partial charge in [-0.2, -0.15) is 0 Å². The molecule has 80 valence electrons. The van der Waals surface area contributed by atoms with Gasteiger partial charge < -0.3 is 9.84 Å². The number of allylic oxidation sites excluding steroid dienone is 2. The van der Waals surface area contributed by atoms with Gasteiger partial charge in [-0.1, -0.05) is 17.7 Å². The smallest absolute Gasteiger partial charge is 0.330 e. The minimum atomic E-state index is -0.844. The van der Waals surface area contributed by atoms with Crippen LogP contribution in [0.3, 0.4) is 0 Å². The number of ether oxygens (including phenoxy) is 1. The van der Waals surface area contributed by atoms with Gasteiger partial charge in [-0.3, -0.25) is 0 Å². The highest BCUT2D eigenvalue weighted by atomic mass is 16.5. The first kappa shape index (κ1) is 12.9. The Morgan fingerprint density at radius 1 is 1.36 bits per heavy atom. The molecule has 3 heteroatoms. The number of rotatable bonds is 6. The Bertz CT molecular complexity index is 239. The third-order valence-corrected chi connectivity index (χ3v) is 1.93. The molecule has 0 rings (SSSR count). The molecular weight excluding hydrogens is 180 g/mol. The maximum atomic E-state index is 10.4. The summed E-state index contributed by atoms with van der Waals surface area (Å²) >= 11 is 0. The van der Waals surface area contributed by atoms with Gasteiger partial charge in [0.05, 0.1) is 6.61 Å². The van der Waals surface area contributed by atoms with Gasteiger partial charge in [-0.25, -0.2) is 4.79 Å². The molecule has 0 saturated heterocycles. The van der Waals surface area contributed by atoms with Crippen LogP contribution in [0.5, 0.6) is 0 Å². The lowest BCUT2D eigenvalue weighted by Gasteiger charge is -1.98. The van der Waals surface area contributed by atoms with Crippen LogP contribution in [-0.4, -0.2) is 24.8 Å². The number of methoxy groups -OCH3 is 1. The van der Waals surface area contributed by atoms with E-state index < -0.39 is 5.97 Å². The van der Waals surface area contributed by atoms with E-state index in [0.717, 1.165) is 12.8 Å². The number of hydrogen-bond donors (Lipinski definition) is 1. The van der Waals surface area contributed by atoms with E-state index in [0.29, 0.717) is 12.2 Å². The minimum Gasteiger partial charge on any atom is -0.478 e. The van der Waals surface area contributed by atoms with Crippen molar-refractivity contribution in [2.24, 2.45) is 0 Å². The van der Waals surface area contributed by atoms with Crippen molar-refractivity contribution in [3.63, 3.8) is 0 Å². The predicted octanol–water partition coefficient (Wildman–Crippen LogP) is 2.39. The molecule has 0 radical (unpaired) electrons. The summed E-state index contributed by atoms with van der Waals surface area (Å²) in [5, 5.41) is 8.59. The molecule has 0 saturated carbocycles. The lowest BCUT2D eigenvalue weighted by atomic mass is 10.1. The molecule has 0 spiro atoms. The lowest BCUT2D eigenvalue weighted by Crippen LogP contribution is -1.95. The minimum absolute atomic E-state index is 0.407. The van der Waals surface area contributed by atoms with Gasteiger partial charge in [0.1, 0.15) is 0 Å². The van der Waals surface area contributed by atoms with Crippen LogP contribution in [0.4, 0.5) is 0 Å². The average molecular weight is 198 g/mol. The Morgan fingerprint density at radius 2 is 2.00 bits per heavy atom. The Labute approximate surface area is 85.1 Å². The lowest BCUT2D eigenvalue weighted by molar-refractivity contribution is -0.132. The fraction of sp³-hybridized carbons (Fsp3) is 0.545. The van der Waals surface area contributed by atoms with Crippen LogP contribution in [0.25, 0.3) is 0 Å². The monoisotopic (exact) mass is 198 g/mol. The summed E-state index contributed by atoms with van der Waals surface area (Å²) in [6, 6.07) is 0. The zero-order valence-corrected chi connectivity index (χ0v) is 9.04. The first-order valence-corrected chi connectivity index (χ1v) is 4.62. The highest BCUT2D eigenvalue weighted by molar-refractivity contribution is 5.85. The van der Waals surface area contributed by atoms with Gasteiger partial charge in [0.2, 0.25) is 0 Å². The summed E-state index contributed by atoms with van der Waals surface area (Å²) in [6.45, 7) is 4.24. The fourth-order valence-electron chi connectivity index (χ4n) is 0.931. The highest BCUT2D eigenvalue weighted by Gasteiger charge is 1.97. The summed E-state index contributed by atoms with van der Waals surface area (Å²) in [7, 11) is 1.65. The summed E-state index contributed by atoms with van der Waals surface area (Å²) < 4.78 is 4.89. The van der Waals surface area contributed by atoms with Crippen LogP contribution in [0.2, 0.25) is 0 Å². The van der Waals surface area contributed by atoms with Gasteiger partial charge in [0.25, 0.3) is 0 Å². The molecule has 0 heterocycles. The fourth-order valence-corrected chi connectivity index (χ4v) is 0.931. The molecule has 0 aromatic heterocycles. The van der Waals surface area contributed by atoms with Crippen molar-refractivity contribution >= 4 is 5.97 Å². The molecule has 0 atom stereocenters. The van der Waals surface area contributed by atoms with E-state index in [-0.39, 0.29) is 0 Å². The molecule has 0 fully saturated rings. The molecule has 14 heavy (non-hydrogen) atoms. The maximum Gasteiger partial charge on any atom is 0.330 e. The quantitative estimate of drug-likeness (QED) is 0.526. The third kappa shape index (κ3) is 6.43. The Kier molecular flexibility index (Phi) is 6.76. The average Bonchev–Trinajstić information content (AvgIpc) is 2.14. The van der Waals surface area contributed by atoms with Crippen LogP contribution in [0.15, 0.2) is 23.3 Å². The van der Waals surface area contributed by atoms with E-state index in [9.17, 15) is 4.79 Å². The van der Waals surface area contributed by atoms with E-state index in [1.54, 1.807) is 20.1 Å². The van der Waals surface area contributed by atoms with Crippen LogP contribution in [-0.2, 0) is 9.53 Å². The second-order valence-corrected chi connectivity index (χ2v) is 3.24. The van der Waals surface area contributed by atoms with Crippen molar-refractivity contribution in [1.29, 1.82) is 0 Å². The van der Waals surface area contributed by atoms with E-state index >= 15 is 0 Å². The standard InChI is InChI=1S/C11H18O3/c1-9(7-8-14-3)5-4-6-10(2)11(12)13/h6-7H,4-5,8H2,1-3H3,(H,12,13). The molecule has 0 aromatic carbocycles. The SMILES string of the molecule is COCC=C(C)CCC=C(C)C(=O)O. The molecular formula is C11H18O3. The van der Waals surface area contributed by atoms with Crippen molar-refractivity contribution in [3.8, 4) is 0 Å². The maximum absolute atomic E-state index is 10.4. The highest BCUT2D eigenvalue weighted by Crippen LogP contribution is 2.06. The summed E-state index contributed by atoms with van der Waals surface area (Å²) in [5.41, 5.74) is 1.63. The molecule has 0 unspecified atom stereocenters. The Hall–Kier alpha value is -1.09. The second-order valence-electron chi connectivity index (χ2n) is 3.24. The van der Waals surface area contributed by atoms with Crippen LogP contribution >= 0.6 is 0 Å². The molecule has 0 aliphatic carbocycles. The number of carboxylic acid groups (broad SMARTS) is 1. The van der Waals surface area contributed by atoms with Gasteiger partial charge in [-0.05, 0) is 26.7 Å². The van der Waals surface area contributed by atoms with E-state index in [2.05, 4.69) is 0 Å². The van der Waals surface area contributed by atoms with Crippen molar-refractivity contribution in [3.05, 3.63) is 23.3 Å². The van der Waals surface area contributed by atoms with Gasteiger partial charge in [0.15, 0.2) is 0 Å². The van der Waals surface area contributed by atoms with E-state index in [1.165, 1.54) is 5.57 Å². The van der Waals surface area contributed by atoms with Gasteiger partial charge >= 0.3 is 5.97 Å². The molecule has 0 aliphatic rings. The van der Waals surface area contributed by atoms with Crippen molar-refractivity contribution < 1.29 is 14.6 Å². The zero-order valence-electron chi connectivity index (χ0n) is 9.04. The number of carbonyl (C=O) groups is 1.